The van der Waals surface area contributed by atoms with Gasteiger partial charge in [0.2, 0.25) is 0 Å². The van der Waals surface area contributed by atoms with Gasteiger partial charge in [0.05, 0.1) is 16.2 Å². The molecule has 1 aliphatic heterocycles. The Balaban J connectivity index is 1.43. The smallest absolute Gasteiger partial charge is 0.129 e. The third kappa shape index (κ3) is 3.25. The highest BCUT2D eigenvalue weighted by molar-refractivity contribution is 7.09. The van der Waals surface area contributed by atoms with Gasteiger partial charge < -0.3 is 4.90 Å². The van der Waals surface area contributed by atoms with Crippen LogP contribution in [0.4, 0.5) is 10.2 Å². The molecule has 1 aromatic carbocycles. The fourth-order valence-corrected chi connectivity index (χ4v) is 3.70. The second kappa shape index (κ2) is 6.45. The molecule has 0 spiro atoms. The molecular formula is C18H19FN4S. The Morgan fingerprint density at radius 2 is 1.88 bits per heavy atom. The first-order valence-electron chi connectivity index (χ1n) is 8.12. The van der Waals surface area contributed by atoms with Crippen LogP contribution in [0.2, 0.25) is 0 Å². The third-order valence-corrected chi connectivity index (χ3v) is 5.21. The summed E-state index contributed by atoms with van der Waals surface area (Å²) in [6, 6.07) is 8.79. The van der Waals surface area contributed by atoms with Crippen LogP contribution in [-0.4, -0.2) is 41.0 Å². The molecule has 0 aliphatic carbocycles. The lowest BCUT2D eigenvalue weighted by molar-refractivity contribution is 0.247. The fraction of sp³-hybridized carbons (Fsp3) is 0.333. The Kier molecular flexibility index (Phi) is 4.16. The van der Waals surface area contributed by atoms with E-state index in [0.717, 1.165) is 54.6 Å². The summed E-state index contributed by atoms with van der Waals surface area (Å²) in [7, 11) is 0. The van der Waals surface area contributed by atoms with Crippen LogP contribution in [0.1, 0.15) is 10.7 Å². The normalized spacial score (nSPS) is 16.0. The van der Waals surface area contributed by atoms with Crippen molar-refractivity contribution in [2.45, 2.75) is 13.5 Å². The average molecular weight is 342 g/mol. The van der Waals surface area contributed by atoms with Crippen LogP contribution in [0.25, 0.3) is 10.9 Å². The van der Waals surface area contributed by atoms with E-state index in [2.05, 4.69) is 25.1 Å². The molecule has 24 heavy (non-hydrogen) atoms. The van der Waals surface area contributed by atoms with Crippen molar-refractivity contribution in [1.29, 1.82) is 0 Å². The van der Waals surface area contributed by atoms with Gasteiger partial charge in [0.1, 0.15) is 11.6 Å². The highest BCUT2D eigenvalue weighted by Gasteiger charge is 2.19. The Morgan fingerprint density at radius 1 is 1.08 bits per heavy atom. The summed E-state index contributed by atoms with van der Waals surface area (Å²) in [5.41, 5.74) is 1.87. The number of anilines is 1. The fourth-order valence-electron chi connectivity index (χ4n) is 3.10. The summed E-state index contributed by atoms with van der Waals surface area (Å²) in [5.74, 6) is 0.688. The molecule has 0 unspecified atom stereocenters. The number of hydrogen-bond acceptors (Lipinski definition) is 5. The van der Waals surface area contributed by atoms with Gasteiger partial charge in [0, 0.05) is 49.6 Å². The zero-order valence-corrected chi connectivity index (χ0v) is 14.4. The number of aryl methyl sites for hydroxylation is 1. The SMILES string of the molecule is Cc1nc(CN2CCN(c3ccc4ccc(F)cc4n3)CC2)cs1. The highest BCUT2D eigenvalue weighted by atomic mass is 32.1. The van der Waals surface area contributed by atoms with Crippen molar-refractivity contribution >= 4 is 28.1 Å². The number of benzene rings is 1. The van der Waals surface area contributed by atoms with Crippen molar-refractivity contribution in [3.05, 3.63) is 52.2 Å². The average Bonchev–Trinajstić information content (AvgIpc) is 3.00. The van der Waals surface area contributed by atoms with E-state index in [4.69, 9.17) is 0 Å². The van der Waals surface area contributed by atoms with Gasteiger partial charge in [-0.3, -0.25) is 4.90 Å². The minimum absolute atomic E-state index is 0.240. The summed E-state index contributed by atoms with van der Waals surface area (Å²) in [5, 5.41) is 4.23. The standard InChI is InChI=1S/C18H19FN4S/c1-13-20-16(12-24-13)11-22-6-8-23(9-7-22)18-5-3-14-2-4-15(19)10-17(14)21-18/h2-5,10,12H,6-9,11H2,1H3. The molecule has 3 heterocycles. The summed E-state index contributed by atoms with van der Waals surface area (Å²) >= 11 is 1.70. The molecule has 1 saturated heterocycles. The molecule has 0 saturated carbocycles. The van der Waals surface area contributed by atoms with Gasteiger partial charge in [-0.05, 0) is 31.2 Å². The van der Waals surface area contributed by atoms with Gasteiger partial charge in [-0.15, -0.1) is 11.3 Å². The van der Waals surface area contributed by atoms with Gasteiger partial charge in [-0.1, -0.05) is 0 Å². The van der Waals surface area contributed by atoms with E-state index in [1.54, 1.807) is 17.4 Å². The first-order valence-corrected chi connectivity index (χ1v) is 9.00. The van der Waals surface area contributed by atoms with Crippen molar-refractivity contribution in [3.8, 4) is 0 Å². The Morgan fingerprint density at radius 3 is 2.62 bits per heavy atom. The molecule has 0 amide bonds. The third-order valence-electron chi connectivity index (χ3n) is 4.39. The minimum Gasteiger partial charge on any atom is -0.354 e. The molecule has 1 aliphatic rings. The predicted octanol–water partition coefficient (Wildman–Crippen LogP) is 3.46. The molecule has 2 aromatic heterocycles. The number of aromatic nitrogens is 2. The Labute approximate surface area is 144 Å². The molecular weight excluding hydrogens is 323 g/mol. The summed E-state index contributed by atoms with van der Waals surface area (Å²) in [6.07, 6.45) is 0. The summed E-state index contributed by atoms with van der Waals surface area (Å²) in [4.78, 5) is 13.9. The number of thiazole rings is 1. The van der Waals surface area contributed by atoms with Crippen LogP contribution >= 0.6 is 11.3 Å². The lowest BCUT2D eigenvalue weighted by atomic mass is 10.2. The largest absolute Gasteiger partial charge is 0.354 e. The van der Waals surface area contributed by atoms with E-state index < -0.39 is 0 Å². The minimum atomic E-state index is -0.240. The van der Waals surface area contributed by atoms with Gasteiger partial charge in [-0.25, -0.2) is 14.4 Å². The molecule has 6 heteroatoms. The first kappa shape index (κ1) is 15.5. The van der Waals surface area contributed by atoms with Crippen LogP contribution in [0.15, 0.2) is 35.7 Å². The highest BCUT2D eigenvalue weighted by Crippen LogP contribution is 2.21. The van der Waals surface area contributed by atoms with Crippen molar-refractivity contribution in [2.24, 2.45) is 0 Å². The van der Waals surface area contributed by atoms with E-state index in [0.29, 0.717) is 5.52 Å². The number of pyridine rings is 1. The second-order valence-electron chi connectivity index (χ2n) is 6.13. The number of nitrogens with zero attached hydrogens (tertiary/aromatic N) is 4. The van der Waals surface area contributed by atoms with Crippen molar-refractivity contribution in [1.82, 2.24) is 14.9 Å². The predicted molar refractivity (Wildman–Crippen MR) is 96.0 cm³/mol. The van der Waals surface area contributed by atoms with Crippen molar-refractivity contribution < 1.29 is 4.39 Å². The van der Waals surface area contributed by atoms with Crippen molar-refractivity contribution in [2.75, 3.05) is 31.1 Å². The van der Waals surface area contributed by atoms with Gasteiger partial charge >= 0.3 is 0 Å². The maximum atomic E-state index is 13.4. The van der Waals surface area contributed by atoms with Gasteiger partial charge in [0.25, 0.3) is 0 Å². The molecule has 1 fully saturated rings. The van der Waals surface area contributed by atoms with Crippen LogP contribution < -0.4 is 4.90 Å². The number of fused-ring (bicyclic) bond motifs is 1. The maximum absolute atomic E-state index is 13.4. The van der Waals surface area contributed by atoms with Crippen LogP contribution in [0, 0.1) is 12.7 Å². The number of piperazine rings is 1. The first-order chi connectivity index (χ1) is 11.7. The summed E-state index contributed by atoms with van der Waals surface area (Å²) in [6.45, 7) is 6.78. The zero-order valence-electron chi connectivity index (χ0n) is 13.6. The number of hydrogen-bond donors (Lipinski definition) is 0. The molecule has 0 atom stereocenters. The van der Waals surface area contributed by atoms with Crippen molar-refractivity contribution in [3.63, 3.8) is 0 Å². The molecule has 0 radical (unpaired) electrons. The maximum Gasteiger partial charge on any atom is 0.129 e. The van der Waals surface area contributed by atoms with E-state index in [-0.39, 0.29) is 5.82 Å². The van der Waals surface area contributed by atoms with E-state index in [1.165, 1.54) is 12.1 Å². The summed E-state index contributed by atoms with van der Waals surface area (Å²) < 4.78 is 13.4. The molecule has 124 valence electrons. The lowest BCUT2D eigenvalue weighted by Gasteiger charge is -2.35. The number of rotatable bonds is 3. The van der Waals surface area contributed by atoms with E-state index in [1.807, 2.05) is 19.1 Å². The Hall–Kier alpha value is -2.05. The van der Waals surface area contributed by atoms with Gasteiger partial charge in [0.15, 0.2) is 0 Å². The topological polar surface area (TPSA) is 32.3 Å². The second-order valence-corrected chi connectivity index (χ2v) is 7.19. The molecule has 4 nitrogen and oxygen atoms in total. The molecule has 4 rings (SSSR count). The molecule has 0 N–H and O–H groups in total. The monoisotopic (exact) mass is 342 g/mol. The van der Waals surface area contributed by atoms with Crippen LogP contribution in [0.3, 0.4) is 0 Å². The van der Waals surface area contributed by atoms with Crippen LogP contribution in [0.5, 0.6) is 0 Å². The van der Waals surface area contributed by atoms with Crippen LogP contribution in [-0.2, 0) is 6.54 Å². The van der Waals surface area contributed by atoms with E-state index >= 15 is 0 Å². The lowest BCUT2D eigenvalue weighted by Crippen LogP contribution is -2.46. The Bertz CT molecular complexity index is 855. The van der Waals surface area contributed by atoms with E-state index in [9.17, 15) is 4.39 Å². The van der Waals surface area contributed by atoms with Gasteiger partial charge in [-0.2, -0.15) is 0 Å². The zero-order chi connectivity index (χ0) is 16.5. The molecule has 3 aromatic rings. The number of halogens is 1. The molecule has 0 bridgehead atoms. The quantitative estimate of drug-likeness (QED) is 0.730.